The Kier molecular flexibility index (Phi) is 1.65. The summed E-state index contributed by atoms with van der Waals surface area (Å²) in [6.07, 6.45) is 5.35. The van der Waals surface area contributed by atoms with Crippen molar-refractivity contribution >= 4 is 17.3 Å². The second-order valence-electron chi connectivity index (χ2n) is 3.28. The van der Waals surface area contributed by atoms with Gasteiger partial charge in [0.15, 0.2) is 5.05 Å². The molecule has 0 N–H and O–H groups in total. The van der Waals surface area contributed by atoms with Crippen LogP contribution in [0.1, 0.15) is 25.7 Å². The summed E-state index contributed by atoms with van der Waals surface area (Å²) in [6.45, 7) is 0.906. The van der Waals surface area contributed by atoms with Gasteiger partial charge in [0.25, 0.3) is 0 Å². The molecule has 2 heteroatoms. The highest BCUT2D eigenvalue weighted by Gasteiger charge is 2.35. The SMILES string of the molecule is S=C1OC[C@@H]2CCCC[C@H]12. The molecule has 1 aliphatic heterocycles. The van der Waals surface area contributed by atoms with Crippen LogP contribution in [0.3, 0.4) is 0 Å². The van der Waals surface area contributed by atoms with Crippen molar-refractivity contribution in [3.05, 3.63) is 0 Å². The quantitative estimate of drug-likeness (QED) is 0.497. The first kappa shape index (κ1) is 6.59. The van der Waals surface area contributed by atoms with Crippen LogP contribution in [-0.2, 0) is 4.74 Å². The predicted molar refractivity (Wildman–Crippen MR) is 44.0 cm³/mol. The minimum absolute atomic E-state index is 0.642. The molecule has 1 heterocycles. The maximum atomic E-state index is 5.33. The smallest absolute Gasteiger partial charge is 0.163 e. The van der Waals surface area contributed by atoms with Crippen LogP contribution in [0.15, 0.2) is 0 Å². The van der Waals surface area contributed by atoms with Gasteiger partial charge in [-0.3, -0.25) is 0 Å². The van der Waals surface area contributed by atoms with Crippen molar-refractivity contribution in [1.82, 2.24) is 0 Å². The van der Waals surface area contributed by atoms with Gasteiger partial charge in [-0.1, -0.05) is 12.8 Å². The molecule has 0 radical (unpaired) electrons. The summed E-state index contributed by atoms with van der Waals surface area (Å²) in [5.41, 5.74) is 0. The van der Waals surface area contributed by atoms with E-state index >= 15 is 0 Å². The topological polar surface area (TPSA) is 9.23 Å². The average Bonchev–Trinajstić information content (AvgIpc) is 2.34. The minimum Gasteiger partial charge on any atom is -0.486 e. The minimum atomic E-state index is 0.642. The standard InChI is InChI=1S/C8H12OS/c10-8-7-4-2-1-3-6(7)5-9-8/h6-7H,1-5H2/t6-,7-/m0/s1. The summed E-state index contributed by atoms with van der Waals surface area (Å²) in [5, 5.41) is 0.893. The molecule has 56 valence electrons. The molecule has 10 heavy (non-hydrogen) atoms. The van der Waals surface area contributed by atoms with E-state index < -0.39 is 0 Å². The lowest BCUT2D eigenvalue weighted by Crippen LogP contribution is -2.18. The first-order chi connectivity index (χ1) is 4.88. The molecule has 2 aliphatic rings. The lowest BCUT2D eigenvalue weighted by Gasteiger charge is -2.20. The van der Waals surface area contributed by atoms with Crippen LogP contribution >= 0.6 is 12.2 Å². The van der Waals surface area contributed by atoms with E-state index in [1.807, 2.05) is 0 Å². The Morgan fingerprint density at radius 3 is 2.90 bits per heavy atom. The summed E-state index contributed by atoms with van der Waals surface area (Å²) >= 11 is 5.09. The lowest BCUT2D eigenvalue weighted by atomic mass is 9.82. The Balaban J connectivity index is 2.08. The van der Waals surface area contributed by atoms with Crippen molar-refractivity contribution in [2.75, 3.05) is 6.61 Å². The van der Waals surface area contributed by atoms with Gasteiger partial charge in [0.1, 0.15) is 0 Å². The number of rotatable bonds is 0. The fourth-order valence-electron chi connectivity index (χ4n) is 2.01. The van der Waals surface area contributed by atoms with Gasteiger partial charge in [-0.05, 0) is 25.1 Å². The molecular formula is C8H12OS. The van der Waals surface area contributed by atoms with Crippen LogP contribution in [0.5, 0.6) is 0 Å². The summed E-state index contributed by atoms with van der Waals surface area (Å²) in [7, 11) is 0. The van der Waals surface area contributed by atoms with Gasteiger partial charge in [0.05, 0.1) is 6.61 Å². The van der Waals surface area contributed by atoms with E-state index in [4.69, 9.17) is 17.0 Å². The lowest BCUT2D eigenvalue weighted by molar-refractivity contribution is 0.259. The molecule has 0 aromatic rings. The van der Waals surface area contributed by atoms with Gasteiger partial charge >= 0.3 is 0 Å². The third-order valence-electron chi connectivity index (χ3n) is 2.65. The molecule has 0 unspecified atom stereocenters. The van der Waals surface area contributed by atoms with E-state index in [9.17, 15) is 0 Å². The Hall–Kier alpha value is -0.110. The molecule has 0 bridgehead atoms. The monoisotopic (exact) mass is 156 g/mol. The summed E-state index contributed by atoms with van der Waals surface area (Å²) < 4.78 is 5.33. The predicted octanol–water partition coefficient (Wildman–Crippen LogP) is 2.15. The third kappa shape index (κ3) is 0.947. The fraction of sp³-hybridized carbons (Fsp3) is 0.875. The van der Waals surface area contributed by atoms with Crippen molar-refractivity contribution in [1.29, 1.82) is 0 Å². The second kappa shape index (κ2) is 2.50. The van der Waals surface area contributed by atoms with Crippen molar-refractivity contribution in [2.45, 2.75) is 25.7 Å². The average molecular weight is 156 g/mol. The third-order valence-corrected chi connectivity index (χ3v) is 3.07. The molecule has 0 aromatic heterocycles. The van der Waals surface area contributed by atoms with Crippen LogP contribution in [0.25, 0.3) is 0 Å². The molecule has 2 atom stereocenters. The van der Waals surface area contributed by atoms with E-state index in [0.29, 0.717) is 5.92 Å². The number of thiocarbonyl (C=S) groups is 1. The Bertz CT molecular complexity index is 155. The fourth-order valence-corrected chi connectivity index (χ4v) is 2.39. The van der Waals surface area contributed by atoms with Gasteiger partial charge in [-0.15, -0.1) is 0 Å². The molecule has 1 saturated carbocycles. The van der Waals surface area contributed by atoms with Crippen LogP contribution in [-0.4, -0.2) is 11.7 Å². The molecule has 2 rings (SSSR count). The molecule has 1 nitrogen and oxygen atoms in total. The largest absolute Gasteiger partial charge is 0.486 e. The van der Waals surface area contributed by atoms with Crippen LogP contribution in [0.4, 0.5) is 0 Å². The molecular weight excluding hydrogens is 144 g/mol. The molecule has 0 aromatic carbocycles. The molecule has 0 amide bonds. The highest BCUT2D eigenvalue weighted by atomic mass is 32.1. The zero-order valence-electron chi connectivity index (χ0n) is 6.01. The van der Waals surface area contributed by atoms with Gasteiger partial charge in [-0.2, -0.15) is 0 Å². The normalized spacial score (nSPS) is 39.0. The number of hydrogen-bond donors (Lipinski definition) is 0. The van der Waals surface area contributed by atoms with E-state index in [2.05, 4.69) is 0 Å². The van der Waals surface area contributed by atoms with E-state index in [1.165, 1.54) is 25.7 Å². The molecule has 0 spiro atoms. The summed E-state index contributed by atoms with van der Waals surface area (Å²) in [4.78, 5) is 0. The summed E-state index contributed by atoms with van der Waals surface area (Å²) in [5.74, 6) is 1.42. The van der Waals surface area contributed by atoms with Crippen molar-refractivity contribution in [3.63, 3.8) is 0 Å². The number of ether oxygens (including phenoxy) is 1. The van der Waals surface area contributed by atoms with Crippen LogP contribution < -0.4 is 0 Å². The first-order valence-corrected chi connectivity index (χ1v) is 4.45. The Morgan fingerprint density at radius 2 is 2.10 bits per heavy atom. The van der Waals surface area contributed by atoms with Gasteiger partial charge in [-0.25, -0.2) is 0 Å². The maximum absolute atomic E-state index is 5.33. The zero-order valence-corrected chi connectivity index (χ0v) is 6.82. The van der Waals surface area contributed by atoms with Crippen molar-refractivity contribution in [3.8, 4) is 0 Å². The van der Waals surface area contributed by atoms with Gasteiger partial charge in [0, 0.05) is 11.8 Å². The van der Waals surface area contributed by atoms with Gasteiger partial charge < -0.3 is 4.74 Å². The highest BCUT2D eigenvalue weighted by Crippen LogP contribution is 2.35. The van der Waals surface area contributed by atoms with Crippen LogP contribution in [0.2, 0.25) is 0 Å². The zero-order chi connectivity index (χ0) is 6.97. The molecule has 1 saturated heterocycles. The maximum Gasteiger partial charge on any atom is 0.163 e. The Labute approximate surface area is 66.8 Å². The number of fused-ring (bicyclic) bond motifs is 1. The van der Waals surface area contributed by atoms with Gasteiger partial charge in [0.2, 0.25) is 0 Å². The number of hydrogen-bond acceptors (Lipinski definition) is 2. The molecule has 1 aliphatic carbocycles. The molecule has 2 fully saturated rings. The van der Waals surface area contributed by atoms with Crippen molar-refractivity contribution < 1.29 is 4.74 Å². The highest BCUT2D eigenvalue weighted by molar-refractivity contribution is 7.80. The van der Waals surface area contributed by atoms with E-state index in [0.717, 1.165) is 17.6 Å². The van der Waals surface area contributed by atoms with E-state index in [1.54, 1.807) is 0 Å². The first-order valence-electron chi connectivity index (χ1n) is 4.04. The Morgan fingerprint density at radius 1 is 1.30 bits per heavy atom. The van der Waals surface area contributed by atoms with Crippen molar-refractivity contribution in [2.24, 2.45) is 11.8 Å². The van der Waals surface area contributed by atoms with E-state index in [-0.39, 0.29) is 0 Å². The second-order valence-corrected chi connectivity index (χ2v) is 3.68. The van der Waals surface area contributed by atoms with Crippen LogP contribution in [0, 0.1) is 11.8 Å². The summed E-state index contributed by atoms with van der Waals surface area (Å²) in [6, 6.07) is 0.